The Morgan fingerprint density at radius 2 is 2.33 bits per heavy atom. The van der Waals surface area contributed by atoms with Gasteiger partial charge in [0.2, 0.25) is 0 Å². The summed E-state index contributed by atoms with van der Waals surface area (Å²) in [6, 6.07) is 0.484. The molecule has 0 radical (unpaired) electrons. The topological polar surface area (TPSA) is 59.1 Å². The van der Waals surface area contributed by atoms with E-state index in [1.54, 1.807) is 0 Å². The molecule has 6 nitrogen and oxygen atoms in total. The molecule has 1 N–H and O–H groups in total. The van der Waals surface area contributed by atoms with Gasteiger partial charge in [0.25, 0.3) is 0 Å². The lowest BCUT2D eigenvalue weighted by molar-refractivity contribution is 0.340. The highest BCUT2D eigenvalue weighted by Crippen LogP contribution is 2.25. The SMILES string of the molecule is CN(C)Cc1noc2c1CC(NCc1cnn(C)c1)CC2. The van der Waals surface area contributed by atoms with Gasteiger partial charge in [-0.3, -0.25) is 4.68 Å². The fourth-order valence-electron chi connectivity index (χ4n) is 2.89. The van der Waals surface area contributed by atoms with Crippen LogP contribution in [0.1, 0.15) is 29.0 Å². The molecule has 1 atom stereocenters. The maximum absolute atomic E-state index is 5.48. The van der Waals surface area contributed by atoms with E-state index in [1.165, 1.54) is 11.1 Å². The summed E-state index contributed by atoms with van der Waals surface area (Å²) >= 11 is 0. The molecule has 0 aromatic carbocycles. The standard InChI is InChI=1S/C15H23N5O/c1-19(2)10-14-13-6-12(4-5-15(13)21-18-14)16-7-11-8-17-20(3)9-11/h8-9,12,16H,4-7,10H2,1-3H3. The van der Waals surface area contributed by atoms with Gasteiger partial charge in [0.1, 0.15) is 11.5 Å². The van der Waals surface area contributed by atoms with Gasteiger partial charge in [0.15, 0.2) is 0 Å². The van der Waals surface area contributed by atoms with Gasteiger partial charge >= 0.3 is 0 Å². The van der Waals surface area contributed by atoms with E-state index >= 15 is 0 Å². The smallest absolute Gasteiger partial charge is 0.140 e. The summed E-state index contributed by atoms with van der Waals surface area (Å²) < 4.78 is 7.32. The van der Waals surface area contributed by atoms with Crippen molar-refractivity contribution in [3.05, 3.63) is 35.0 Å². The third-order valence-electron chi connectivity index (χ3n) is 3.94. The first kappa shape index (κ1) is 14.3. The minimum absolute atomic E-state index is 0.484. The number of nitrogens with zero attached hydrogens (tertiary/aromatic N) is 4. The van der Waals surface area contributed by atoms with Crippen LogP contribution < -0.4 is 5.32 Å². The van der Waals surface area contributed by atoms with E-state index in [1.807, 2.05) is 17.9 Å². The van der Waals surface area contributed by atoms with Gasteiger partial charge in [-0.2, -0.15) is 5.10 Å². The fourth-order valence-corrected chi connectivity index (χ4v) is 2.89. The summed E-state index contributed by atoms with van der Waals surface area (Å²) in [7, 11) is 6.06. The van der Waals surface area contributed by atoms with Crippen LogP contribution in [0, 0.1) is 0 Å². The molecule has 1 aliphatic carbocycles. The molecule has 3 rings (SSSR count). The summed E-state index contributed by atoms with van der Waals surface area (Å²) in [5.74, 6) is 1.08. The number of rotatable bonds is 5. The molecule has 0 fully saturated rings. The second-order valence-corrected chi connectivity index (χ2v) is 6.11. The van der Waals surface area contributed by atoms with Crippen molar-refractivity contribution >= 4 is 0 Å². The zero-order valence-electron chi connectivity index (χ0n) is 13.0. The van der Waals surface area contributed by atoms with Crippen LogP contribution in [0.25, 0.3) is 0 Å². The monoisotopic (exact) mass is 289 g/mol. The van der Waals surface area contributed by atoms with Crippen LogP contribution in [0.3, 0.4) is 0 Å². The first-order chi connectivity index (χ1) is 10.1. The molecule has 2 aromatic rings. The van der Waals surface area contributed by atoms with Crippen molar-refractivity contribution in [2.24, 2.45) is 7.05 Å². The van der Waals surface area contributed by atoms with Crippen LogP contribution in [0.15, 0.2) is 16.9 Å². The summed E-state index contributed by atoms with van der Waals surface area (Å²) in [5.41, 5.74) is 3.61. The largest absolute Gasteiger partial charge is 0.361 e. The lowest BCUT2D eigenvalue weighted by Crippen LogP contribution is -2.34. The molecule has 0 amide bonds. The second-order valence-electron chi connectivity index (χ2n) is 6.11. The summed E-state index contributed by atoms with van der Waals surface area (Å²) in [6.07, 6.45) is 7.04. The maximum Gasteiger partial charge on any atom is 0.140 e. The Morgan fingerprint density at radius 1 is 1.48 bits per heavy atom. The minimum Gasteiger partial charge on any atom is -0.361 e. The number of hydrogen-bond donors (Lipinski definition) is 1. The van der Waals surface area contributed by atoms with Gasteiger partial charge in [-0.25, -0.2) is 0 Å². The lowest BCUT2D eigenvalue weighted by atomic mass is 9.92. The van der Waals surface area contributed by atoms with Crippen molar-refractivity contribution in [1.29, 1.82) is 0 Å². The van der Waals surface area contributed by atoms with E-state index in [0.29, 0.717) is 6.04 Å². The number of hydrogen-bond acceptors (Lipinski definition) is 5. The molecule has 0 bridgehead atoms. The third kappa shape index (κ3) is 3.33. The van der Waals surface area contributed by atoms with Gasteiger partial charge in [0.05, 0.1) is 6.20 Å². The molecule has 114 valence electrons. The molecule has 0 spiro atoms. The van der Waals surface area contributed by atoms with E-state index in [0.717, 1.165) is 43.8 Å². The second kappa shape index (κ2) is 5.99. The minimum atomic E-state index is 0.484. The molecule has 21 heavy (non-hydrogen) atoms. The van der Waals surface area contributed by atoms with Crippen LogP contribution in [-0.2, 0) is 33.0 Å². The molecule has 1 unspecified atom stereocenters. The van der Waals surface area contributed by atoms with Crippen LogP contribution in [0.5, 0.6) is 0 Å². The number of fused-ring (bicyclic) bond motifs is 1. The van der Waals surface area contributed by atoms with Crippen molar-refractivity contribution in [3.63, 3.8) is 0 Å². The van der Waals surface area contributed by atoms with Crippen LogP contribution in [0.4, 0.5) is 0 Å². The van der Waals surface area contributed by atoms with Crippen molar-refractivity contribution < 1.29 is 4.52 Å². The Kier molecular flexibility index (Phi) is 4.07. The Bertz CT molecular complexity index is 601. The predicted molar refractivity (Wildman–Crippen MR) is 79.8 cm³/mol. The molecule has 2 aromatic heterocycles. The van der Waals surface area contributed by atoms with E-state index < -0.39 is 0 Å². The van der Waals surface area contributed by atoms with Gasteiger partial charge in [-0.15, -0.1) is 0 Å². The average molecular weight is 289 g/mol. The number of aromatic nitrogens is 3. The van der Waals surface area contributed by atoms with Gasteiger partial charge < -0.3 is 14.7 Å². The highest BCUT2D eigenvalue weighted by Gasteiger charge is 2.25. The van der Waals surface area contributed by atoms with Gasteiger partial charge in [0, 0.05) is 49.9 Å². The third-order valence-corrected chi connectivity index (χ3v) is 3.94. The zero-order chi connectivity index (χ0) is 14.8. The van der Waals surface area contributed by atoms with Crippen LogP contribution in [0.2, 0.25) is 0 Å². The first-order valence-electron chi connectivity index (χ1n) is 7.43. The Balaban J connectivity index is 1.62. The van der Waals surface area contributed by atoms with E-state index in [9.17, 15) is 0 Å². The lowest BCUT2D eigenvalue weighted by Gasteiger charge is -2.22. The summed E-state index contributed by atoms with van der Waals surface area (Å²) in [5, 5.41) is 12.1. The maximum atomic E-state index is 5.48. The van der Waals surface area contributed by atoms with Gasteiger partial charge in [-0.05, 0) is 26.9 Å². The highest BCUT2D eigenvalue weighted by atomic mass is 16.5. The van der Waals surface area contributed by atoms with Crippen molar-refractivity contribution in [1.82, 2.24) is 25.2 Å². The quantitative estimate of drug-likeness (QED) is 0.894. The Hall–Kier alpha value is -1.66. The number of aryl methyl sites for hydroxylation is 2. The highest BCUT2D eigenvalue weighted by molar-refractivity contribution is 5.27. The van der Waals surface area contributed by atoms with Crippen molar-refractivity contribution in [2.75, 3.05) is 14.1 Å². The molecule has 6 heteroatoms. The zero-order valence-corrected chi connectivity index (χ0v) is 13.0. The van der Waals surface area contributed by atoms with Crippen LogP contribution in [-0.4, -0.2) is 40.0 Å². The van der Waals surface area contributed by atoms with E-state index in [2.05, 4.69) is 40.8 Å². The first-order valence-corrected chi connectivity index (χ1v) is 7.43. The van der Waals surface area contributed by atoms with Crippen molar-refractivity contribution in [2.45, 2.75) is 38.4 Å². The number of nitrogens with one attached hydrogen (secondary N) is 1. The fraction of sp³-hybridized carbons (Fsp3) is 0.600. The molecule has 1 aliphatic rings. The van der Waals surface area contributed by atoms with Gasteiger partial charge in [-0.1, -0.05) is 5.16 Å². The average Bonchev–Trinajstić information content (AvgIpc) is 3.03. The summed E-state index contributed by atoms with van der Waals surface area (Å²) in [6.45, 7) is 1.70. The molecule has 2 heterocycles. The summed E-state index contributed by atoms with van der Waals surface area (Å²) in [4.78, 5) is 2.13. The molecule has 0 saturated carbocycles. The van der Waals surface area contributed by atoms with Crippen molar-refractivity contribution in [3.8, 4) is 0 Å². The van der Waals surface area contributed by atoms with E-state index in [-0.39, 0.29) is 0 Å². The molecule has 0 aliphatic heterocycles. The Labute approximate surface area is 125 Å². The van der Waals surface area contributed by atoms with E-state index in [4.69, 9.17) is 4.52 Å². The Morgan fingerprint density at radius 3 is 3.05 bits per heavy atom. The normalized spacial score (nSPS) is 18.2. The molecule has 0 saturated heterocycles. The molecular formula is C15H23N5O. The predicted octanol–water partition coefficient (Wildman–Crippen LogP) is 1.12. The van der Waals surface area contributed by atoms with Crippen LogP contribution >= 0.6 is 0 Å². The molecular weight excluding hydrogens is 266 g/mol.